The first-order chi connectivity index (χ1) is 12.6. The number of halogens is 2. The molecular weight excluding hydrogens is 393 g/mol. The summed E-state index contributed by atoms with van der Waals surface area (Å²) in [7, 11) is 0. The molecule has 2 heterocycles. The van der Waals surface area contributed by atoms with Gasteiger partial charge in [0.25, 0.3) is 0 Å². The Labute approximate surface area is 168 Å². The fourth-order valence-corrected chi connectivity index (χ4v) is 3.04. The van der Waals surface area contributed by atoms with Crippen LogP contribution in [0.1, 0.15) is 31.1 Å². The maximum Gasteiger partial charge on any atom is 0.410 e. The number of nitrogens with zero attached hydrogens (tertiary/aromatic N) is 4. The van der Waals surface area contributed by atoms with Crippen molar-refractivity contribution in [2.75, 3.05) is 38.5 Å². The van der Waals surface area contributed by atoms with Crippen LogP contribution in [0.25, 0.3) is 0 Å². The van der Waals surface area contributed by atoms with Crippen LogP contribution in [0.3, 0.4) is 0 Å². The normalized spacial score (nSPS) is 16.0. The zero-order chi connectivity index (χ0) is 20.2. The van der Waals surface area contributed by atoms with Gasteiger partial charge >= 0.3 is 6.09 Å². The lowest BCUT2D eigenvalue weighted by Gasteiger charge is -2.35. The summed E-state index contributed by atoms with van der Waals surface area (Å²) in [6, 6.07) is 0. The quantitative estimate of drug-likeness (QED) is 0.457. The van der Waals surface area contributed by atoms with Crippen molar-refractivity contribution in [3.8, 4) is 0 Å². The van der Waals surface area contributed by atoms with Gasteiger partial charge in [0.1, 0.15) is 15.9 Å². The van der Waals surface area contributed by atoms with Crippen molar-refractivity contribution in [3.05, 3.63) is 28.0 Å². The lowest BCUT2D eigenvalue weighted by molar-refractivity contribution is 0.0154. The molecule has 1 amide bonds. The summed E-state index contributed by atoms with van der Waals surface area (Å²) in [5.74, 6) is -0.481. The Bertz CT molecular complexity index is 718. The number of aromatic nitrogens is 2. The molecule has 27 heavy (non-hydrogen) atoms. The van der Waals surface area contributed by atoms with Crippen LogP contribution in [-0.4, -0.2) is 70.0 Å². The highest BCUT2D eigenvalue weighted by Gasteiger charge is 2.25. The maximum atomic E-state index is 12.2. The number of carbonyl (C=O) groups excluding carboxylic acids is 2. The van der Waals surface area contributed by atoms with Crippen LogP contribution in [0.4, 0.5) is 10.7 Å². The molecule has 2 N–H and O–H groups in total. The molecule has 8 nitrogen and oxygen atoms in total. The van der Waals surface area contributed by atoms with E-state index in [-0.39, 0.29) is 27.9 Å². The average Bonchev–Trinajstić information content (AvgIpc) is 2.52. The first-order valence-corrected chi connectivity index (χ1v) is 9.22. The molecule has 0 aromatic carbocycles. The number of hydrogen-bond acceptors (Lipinski definition) is 7. The van der Waals surface area contributed by atoms with Gasteiger partial charge in [-0.2, -0.15) is 0 Å². The molecule has 2 rings (SSSR count). The number of anilines is 1. The molecular formula is C17H23Cl2N5O3. The number of amides is 1. The van der Waals surface area contributed by atoms with Gasteiger partial charge in [-0.1, -0.05) is 29.3 Å². The van der Waals surface area contributed by atoms with E-state index >= 15 is 0 Å². The number of nitrogens with two attached hydrogens (primary N) is 1. The van der Waals surface area contributed by atoms with Gasteiger partial charge in [-0.15, -0.1) is 0 Å². The van der Waals surface area contributed by atoms with Crippen LogP contribution in [0.2, 0.25) is 10.3 Å². The second-order valence-electron chi connectivity index (χ2n) is 7.07. The average molecular weight is 416 g/mol. The van der Waals surface area contributed by atoms with E-state index < -0.39 is 11.4 Å². The third kappa shape index (κ3) is 6.34. The van der Waals surface area contributed by atoms with E-state index in [1.54, 1.807) is 11.0 Å². The Morgan fingerprint density at radius 1 is 1.15 bits per heavy atom. The number of piperazine rings is 1. The van der Waals surface area contributed by atoms with Crippen molar-refractivity contribution in [2.45, 2.75) is 26.4 Å². The van der Waals surface area contributed by atoms with E-state index in [1.807, 2.05) is 20.8 Å². The van der Waals surface area contributed by atoms with Crippen molar-refractivity contribution in [2.24, 2.45) is 0 Å². The number of carbonyl (C=O) groups is 2. The molecule has 0 aliphatic carbocycles. The highest BCUT2D eigenvalue weighted by Crippen LogP contribution is 2.22. The lowest BCUT2D eigenvalue weighted by atomic mass is 10.2. The predicted octanol–water partition coefficient (Wildman–Crippen LogP) is 2.66. The minimum Gasteiger partial charge on any atom is -0.444 e. The summed E-state index contributed by atoms with van der Waals surface area (Å²) in [5, 5.41) is -0.152. The highest BCUT2D eigenvalue weighted by molar-refractivity contribution is 6.39. The van der Waals surface area contributed by atoms with Crippen molar-refractivity contribution in [1.29, 1.82) is 0 Å². The molecule has 10 heteroatoms. The molecule has 1 aliphatic rings. The summed E-state index contributed by atoms with van der Waals surface area (Å²) < 4.78 is 5.37. The van der Waals surface area contributed by atoms with Crippen molar-refractivity contribution in [1.82, 2.24) is 19.8 Å². The Hall–Kier alpha value is -1.90. The van der Waals surface area contributed by atoms with E-state index in [9.17, 15) is 9.59 Å². The molecule has 0 saturated carbocycles. The zero-order valence-corrected chi connectivity index (χ0v) is 17.0. The number of allylic oxidation sites excluding steroid dienone is 1. The summed E-state index contributed by atoms with van der Waals surface area (Å²) in [6.07, 6.45) is 2.79. The van der Waals surface area contributed by atoms with Crippen LogP contribution in [0, 0.1) is 0 Å². The van der Waals surface area contributed by atoms with E-state index in [4.69, 9.17) is 33.7 Å². The molecule has 0 spiro atoms. The van der Waals surface area contributed by atoms with Gasteiger partial charge < -0.3 is 15.4 Å². The third-order valence-electron chi connectivity index (χ3n) is 3.74. The molecule has 0 unspecified atom stereocenters. The van der Waals surface area contributed by atoms with Gasteiger partial charge in [0.2, 0.25) is 5.95 Å². The van der Waals surface area contributed by atoms with Gasteiger partial charge in [0, 0.05) is 32.7 Å². The second kappa shape index (κ2) is 8.86. The lowest BCUT2D eigenvalue weighted by Crippen LogP contribution is -2.49. The fourth-order valence-electron chi connectivity index (χ4n) is 2.46. The number of ether oxygens (including phenoxy) is 1. The monoisotopic (exact) mass is 415 g/mol. The summed E-state index contributed by atoms with van der Waals surface area (Å²) in [5.41, 5.74) is 4.95. The van der Waals surface area contributed by atoms with Crippen LogP contribution in [0.15, 0.2) is 12.2 Å². The Balaban J connectivity index is 1.85. The van der Waals surface area contributed by atoms with Gasteiger partial charge in [0.05, 0.1) is 5.56 Å². The number of nitrogen functional groups attached to an aromatic ring is 1. The summed E-state index contributed by atoms with van der Waals surface area (Å²) in [4.78, 5) is 35.6. The van der Waals surface area contributed by atoms with Crippen LogP contribution in [-0.2, 0) is 4.74 Å². The van der Waals surface area contributed by atoms with Crippen molar-refractivity contribution >= 4 is 41.0 Å². The van der Waals surface area contributed by atoms with E-state index in [1.165, 1.54) is 6.08 Å². The molecule has 148 valence electrons. The van der Waals surface area contributed by atoms with Crippen LogP contribution >= 0.6 is 23.2 Å². The van der Waals surface area contributed by atoms with Gasteiger partial charge in [-0.3, -0.25) is 9.69 Å². The predicted molar refractivity (Wildman–Crippen MR) is 104 cm³/mol. The topological polar surface area (TPSA) is 102 Å². The first-order valence-electron chi connectivity index (χ1n) is 8.46. The van der Waals surface area contributed by atoms with E-state index in [2.05, 4.69) is 14.9 Å². The van der Waals surface area contributed by atoms with Gasteiger partial charge in [0.15, 0.2) is 5.78 Å². The van der Waals surface area contributed by atoms with Crippen molar-refractivity contribution < 1.29 is 14.3 Å². The Morgan fingerprint density at radius 3 is 2.22 bits per heavy atom. The Kier molecular flexibility index (Phi) is 7.02. The molecule has 0 radical (unpaired) electrons. The van der Waals surface area contributed by atoms with Crippen molar-refractivity contribution in [3.63, 3.8) is 0 Å². The minimum atomic E-state index is -0.508. The van der Waals surface area contributed by atoms with Crippen LogP contribution < -0.4 is 5.73 Å². The maximum absolute atomic E-state index is 12.2. The van der Waals surface area contributed by atoms with Gasteiger partial charge in [-0.25, -0.2) is 14.8 Å². The highest BCUT2D eigenvalue weighted by atomic mass is 35.5. The molecule has 1 fully saturated rings. The van der Waals surface area contributed by atoms with E-state index in [0.717, 1.165) is 0 Å². The molecule has 1 aromatic heterocycles. The Morgan fingerprint density at radius 2 is 1.70 bits per heavy atom. The number of hydrogen-bond donors (Lipinski definition) is 1. The molecule has 1 aliphatic heterocycles. The summed E-state index contributed by atoms with van der Waals surface area (Å²) in [6.45, 7) is 8.59. The number of rotatable bonds is 4. The molecule has 1 saturated heterocycles. The second-order valence-corrected chi connectivity index (χ2v) is 7.79. The number of ketones is 1. The molecule has 1 aromatic rings. The van der Waals surface area contributed by atoms with E-state index in [0.29, 0.717) is 32.7 Å². The first kappa shape index (κ1) is 21.4. The van der Waals surface area contributed by atoms with Gasteiger partial charge in [-0.05, 0) is 26.8 Å². The molecule has 0 bridgehead atoms. The SMILES string of the molecule is CC(C)(C)OC(=O)N1CCN(C/C=C/C(=O)c2c(Cl)nc(N)nc2Cl)CC1. The fraction of sp³-hybridized carbons (Fsp3) is 0.529. The smallest absolute Gasteiger partial charge is 0.410 e. The zero-order valence-electron chi connectivity index (χ0n) is 15.5. The summed E-state index contributed by atoms with van der Waals surface area (Å²) >= 11 is 11.8. The standard InChI is InChI=1S/C17H23Cl2N5O3/c1-17(2,3)27-16(26)24-9-7-23(8-10-24)6-4-5-11(25)12-13(18)21-15(20)22-14(12)19/h4-5H,6-10H2,1-3H3,(H2,20,21,22)/b5-4+. The minimum absolute atomic E-state index is 0.0264. The third-order valence-corrected chi connectivity index (χ3v) is 4.29. The molecule has 0 atom stereocenters. The van der Waals surface area contributed by atoms with Crippen LogP contribution in [0.5, 0.6) is 0 Å². The largest absolute Gasteiger partial charge is 0.444 e.